The van der Waals surface area contributed by atoms with Crippen LogP contribution < -0.4 is 0 Å². The molecule has 1 aromatic carbocycles. The highest BCUT2D eigenvalue weighted by Crippen LogP contribution is 2.29. The number of aliphatic hydroxyl groups excluding tert-OH is 1. The molecule has 21 heavy (non-hydrogen) atoms. The summed E-state index contributed by atoms with van der Waals surface area (Å²) in [4.78, 5) is 14.0. The molecule has 0 spiro atoms. The van der Waals surface area contributed by atoms with Crippen LogP contribution in [0.5, 0.6) is 0 Å². The Morgan fingerprint density at radius 3 is 2.57 bits per heavy atom. The van der Waals surface area contributed by atoms with Crippen molar-refractivity contribution in [2.45, 2.75) is 57.8 Å². The van der Waals surface area contributed by atoms with Crippen molar-refractivity contribution in [3.63, 3.8) is 0 Å². The van der Waals surface area contributed by atoms with E-state index in [-0.39, 0.29) is 12.1 Å². The SMILES string of the molecule is CC(C)(C)OC(=O)N1CCCC[C@@H]1[C@@H](O)c1ccccc1. The molecule has 4 nitrogen and oxygen atoms in total. The number of hydrogen-bond acceptors (Lipinski definition) is 3. The maximum Gasteiger partial charge on any atom is 0.410 e. The van der Waals surface area contributed by atoms with Crippen molar-refractivity contribution in [2.24, 2.45) is 0 Å². The fraction of sp³-hybridized carbons (Fsp3) is 0.588. The summed E-state index contributed by atoms with van der Waals surface area (Å²) in [5, 5.41) is 10.6. The first-order valence-electron chi connectivity index (χ1n) is 7.61. The Kier molecular flexibility index (Phi) is 4.88. The van der Waals surface area contributed by atoms with Crippen LogP contribution in [0, 0.1) is 0 Å². The van der Waals surface area contributed by atoms with Crippen LogP contribution in [0.2, 0.25) is 0 Å². The lowest BCUT2D eigenvalue weighted by Crippen LogP contribution is -2.48. The van der Waals surface area contributed by atoms with Crippen LogP contribution in [0.15, 0.2) is 30.3 Å². The van der Waals surface area contributed by atoms with Gasteiger partial charge in [0.1, 0.15) is 5.60 Å². The van der Waals surface area contributed by atoms with Crippen LogP contribution in [0.25, 0.3) is 0 Å². The third kappa shape index (κ3) is 4.21. The van der Waals surface area contributed by atoms with Crippen molar-refractivity contribution in [1.82, 2.24) is 4.90 Å². The van der Waals surface area contributed by atoms with E-state index in [1.807, 2.05) is 51.1 Å². The van der Waals surface area contributed by atoms with Gasteiger partial charge in [0.2, 0.25) is 0 Å². The third-order valence-electron chi connectivity index (χ3n) is 3.68. The molecule has 2 atom stereocenters. The molecule has 0 aromatic heterocycles. The highest BCUT2D eigenvalue weighted by molar-refractivity contribution is 5.68. The van der Waals surface area contributed by atoms with Crippen molar-refractivity contribution in [3.8, 4) is 0 Å². The maximum absolute atomic E-state index is 12.4. The van der Waals surface area contributed by atoms with Gasteiger partial charge < -0.3 is 14.7 Å². The van der Waals surface area contributed by atoms with Crippen molar-refractivity contribution in [1.29, 1.82) is 0 Å². The van der Waals surface area contributed by atoms with Crippen LogP contribution in [-0.4, -0.2) is 34.3 Å². The van der Waals surface area contributed by atoms with Gasteiger partial charge in [0, 0.05) is 6.54 Å². The zero-order chi connectivity index (χ0) is 15.5. The number of nitrogens with zero attached hydrogens (tertiary/aromatic N) is 1. The molecular formula is C17H25NO3. The summed E-state index contributed by atoms with van der Waals surface area (Å²) < 4.78 is 5.47. The summed E-state index contributed by atoms with van der Waals surface area (Å²) >= 11 is 0. The van der Waals surface area contributed by atoms with Crippen LogP contribution in [0.1, 0.15) is 51.7 Å². The zero-order valence-corrected chi connectivity index (χ0v) is 13.1. The van der Waals surface area contributed by atoms with Gasteiger partial charge in [-0.2, -0.15) is 0 Å². The topological polar surface area (TPSA) is 49.8 Å². The first-order valence-corrected chi connectivity index (χ1v) is 7.61. The molecule has 1 aliphatic rings. The van der Waals surface area contributed by atoms with Gasteiger partial charge in [-0.3, -0.25) is 0 Å². The predicted molar refractivity (Wildman–Crippen MR) is 82.0 cm³/mol. The molecule has 1 saturated heterocycles. The minimum Gasteiger partial charge on any atom is -0.444 e. The lowest BCUT2D eigenvalue weighted by atomic mass is 9.93. The van der Waals surface area contributed by atoms with E-state index in [9.17, 15) is 9.90 Å². The second-order valence-electron chi connectivity index (χ2n) is 6.59. The van der Waals surface area contributed by atoms with Gasteiger partial charge in [0.15, 0.2) is 0 Å². The highest BCUT2D eigenvalue weighted by atomic mass is 16.6. The molecule has 0 saturated carbocycles. The minimum atomic E-state index is -0.668. The molecule has 0 radical (unpaired) electrons. The van der Waals surface area contributed by atoms with E-state index in [4.69, 9.17) is 4.74 Å². The molecule has 1 amide bonds. The lowest BCUT2D eigenvalue weighted by molar-refractivity contribution is -0.0169. The summed E-state index contributed by atoms with van der Waals surface area (Å²) in [6.45, 7) is 6.22. The molecule has 2 rings (SSSR count). The summed E-state index contributed by atoms with van der Waals surface area (Å²) in [6.07, 6.45) is 1.78. The Bertz CT molecular complexity index is 467. The van der Waals surface area contributed by atoms with Crippen LogP contribution >= 0.6 is 0 Å². The molecule has 4 heteroatoms. The van der Waals surface area contributed by atoms with E-state index in [1.165, 1.54) is 0 Å². The van der Waals surface area contributed by atoms with Crippen LogP contribution in [0.4, 0.5) is 4.79 Å². The number of carbonyl (C=O) groups excluding carboxylic acids is 1. The fourth-order valence-corrected chi connectivity index (χ4v) is 2.71. The summed E-state index contributed by atoms with van der Waals surface area (Å²) in [5.41, 5.74) is 0.328. The van der Waals surface area contributed by atoms with Crippen molar-refractivity contribution < 1.29 is 14.6 Å². The van der Waals surface area contributed by atoms with Crippen LogP contribution in [0.3, 0.4) is 0 Å². The Labute approximate surface area is 126 Å². The fourth-order valence-electron chi connectivity index (χ4n) is 2.71. The molecule has 1 fully saturated rings. The maximum atomic E-state index is 12.4. The molecular weight excluding hydrogens is 266 g/mol. The van der Waals surface area contributed by atoms with E-state index in [2.05, 4.69) is 0 Å². The first kappa shape index (κ1) is 15.8. The summed E-state index contributed by atoms with van der Waals surface area (Å²) in [7, 11) is 0. The van der Waals surface area contributed by atoms with Gasteiger partial charge in [-0.1, -0.05) is 30.3 Å². The van der Waals surface area contributed by atoms with Gasteiger partial charge in [-0.25, -0.2) is 4.79 Å². The van der Waals surface area contributed by atoms with E-state index in [0.29, 0.717) is 6.54 Å². The highest BCUT2D eigenvalue weighted by Gasteiger charge is 2.35. The number of benzene rings is 1. The zero-order valence-electron chi connectivity index (χ0n) is 13.1. The molecule has 116 valence electrons. The van der Waals surface area contributed by atoms with E-state index < -0.39 is 11.7 Å². The molecule has 0 bridgehead atoms. The monoisotopic (exact) mass is 291 g/mol. The quantitative estimate of drug-likeness (QED) is 0.907. The number of aliphatic hydroxyl groups is 1. The average molecular weight is 291 g/mol. The summed E-state index contributed by atoms with van der Waals surface area (Å²) in [6, 6.07) is 9.30. The number of ether oxygens (including phenoxy) is 1. The second-order valence-corrected chi connectivity index (χ2v) is 6.59. The molecule has 1 aromatic rings. The predicted octanol–water partition coefficient (Wildman–Crippen LogP) is 3.51. The molecule has 1 heterocycles. The van der Waals surface area contributed by atoms with Crippen LogP contribution in [-0.2, 0) is 4.74 Å². The smallest absolute Gasteiger partial charge is 0.410 e. The van der Waals surface area contributed by atoms with Gasteiger partial charge in [0.05, 0.1) is 12.1 Å². The number of carbonyl (C=O) groups is 1. The standard InChI is InChI=1S/C17H25NO3/c1-17(2,3)21-16(20)18-12-8-7-11-14(18)15(19)13-9-5-4-6-10-13/h4-6,9-10,14-15,19H,7-8,11-12H2,1-3H3/t14-,15+/m1/s1. The second kappa shape index (κ2) is 6.48. The average Bonchev–Trinajstić information content (AvgIpc) is 2.45. The lowest BCUT2D eigenvalue weighted by Gasteiger charge is -2.39. The number of rotatable bonds is 2. The Hall–Kier alpha value is -1.55. The Morgan fingerprint density at radius 1 is 1.29 bits per heavy atom. The van der Waals surface area contributed by atoms with Gasteiger partial charge in [0.25, 0.3) is 0 Å². The molecule has 0 unspecified atom stereocenters. The van der Waals surface area contributed by atoms with Gasteiger partial charge >= 0.3 is 6.09 Å². The number of piperidine rings is 1. The van der Waals surface area contributed by atoms with Crippen molar-refractivity contribution in [2.75, 3.05) is 6.54 Å². The molecule has 1 N–H and O–H groups in total. The minimum absolute atomic E-state index is 0.212. The first-order chi connectivity index (χ1) is 9.88. The number of amides is 1. The third-order valence-corrected chi connectivity index (χ3v) is 3.68. The molecule has 1 aliphatic heterocycles. The van der Waals surface area contributed by atoms with E-state index in [0.717, 1.165) is 24.8 Å². The summed E-state index contributed by atoms with van der Waals surface area (Å²) in [5.74, 6) is 0. The number of hydrogen-bond donors (Lipinski definition) is 1. The number of likely N-dealkylation sites (tertiary alicyclic amines) is 1. The molecule has 0 aliphatic carbocycles. The van der Waals surface area contributed by atoms with E-state index in [1.54, 1.807) is 4.90 Å². The van der Waals surface area contributed by atoms with Crippen molar-refractivity contribution >= 4 is 6.09 Å². The normalized spacial score (nSPS) is 21.0. The Morgan fingerprint density at radius 2 is 1.95 bits per heavy atom. The largest absolute Gasteiger partial charge is 0.444 e. The van der Waals surface area contributed by atoms with Crippen molar-refractivity contribution in [3.05, 3.63) is 35.9 Å². The van der Waals surface area contributed by atoms with Gasteiger partial charge in [-0.05, 0) is 45.6 Å². The van der Waals surface area contributed by atoms with Gasteiger partial charge in [-0.15, -0.1) is 0 Å². The van der Waals surface area contributed by atoms with E-state index >= 15 is 0 Å². The Balaban J connectivity index is 2.13.